The number of nitrogens with zero attached hydrogens (tertiary/aromatic N) is 1. The largest absolute Gasteiger partial charge is 0.493 e. The fourth-order valence-corrected chi connectivity index (χ4v) is 4.43. The molecule has 0 saturated carbocycles. The minimum atomic E-state index is -0.773. The van der Waals surface area contributed by atoms with Crippen molar-refractivity contribution in [2.24, 2.45) is 0 Å². The van der Waals surface area contributed by atoms with Crippen molar-refractivity contribution < 1.29 is 23.8 Å². The fraction of sp³-hybridized carbons (Fsp3) is 0.389. The Labute approximate surface area is 176 Å². The third kappa shape index (κ3) is 4.83. The molecule has 1 amide bonds. The molecule has 0 aromatic heterocycles. The second-order valence-electron chi connectivity index (χ2n) is 5.45. The lowest BCUT2D eigenvalue weighted by Gasteiger charge is -2.21. The predicted molar refractivity (Wildman–Crippen MR) is 113 cm³/mol. The maximum atomic E-state index is 12.8. The van der Waals surface area contributed by atoms with E-state index in [4.69, 9.17) is 26.4 Å². The van der Waals surface area contributed by atoms with E-state index >= 15 is 0 Å². The Hall–Kier alpha value is -1.58. The second kappa shape index (κ2) is 9.57. The van der Waals surface area contributed by atoms with Crippen LogP contribution in [0.4, 0.5) is 0 Å². The molecule has 2 rings (SSSR count). The average molecular weight is 474 g/mol. The zero-order valence-corrected chi connectivity index (χ0v) is 18.6. The van der Waals surface area contributed by atoms with Gasteiger partial charge in [0.15, 0.2) is 11.5 Å². The monoisotopic (exact) mass is 473 g/mol. The van der Waals surface area contributed by atoms with Crippen LogP contribution in [-0.2, 0) is 14.3 Å². The van der Waals surface area contributed by atoms with E-state index in [0.717, 1.165) is 17.3 Å². The zero-order valence-electron chi connectivity index (χ0n) is 15.4. The van der Waals surface area contributed by atoms with Crippen LogP contribution in [0.1, 0.15) is 26.3 Å². The highest BCUT2D eigenvalue weighted by Crippen LogP contribution is 2.39. The standard InChI is InChI=1S/C18H20BrNO5S2/c1-5-24-15-12(19)7-11(8-13(15)23-4)9-14-16(21)20(18(26)27-14)10(3)17(22)25-6-2/h7-10H,5-6H2,1-4H3/b14-9-. The van der Waals surface area contributed by atoms with E-state index in [9.17, 15) is 9.59 Å². The molecule has 0 bridgehead atoms. The quantitative estimate of drug-likeness (QED) is 0.336. The van der Waals surface area contributed by atoms with Crippen molar-refractivity contribution in [1.82, 2.24) is 4.90 Å². The van der Waals surface area contributed by atoms with Gasteiger partial charge in [-0.1, -0.05) is 24.0 Å². The topological polar surface area (TPSA) is 65.1 Å². The summed E-state index contributed by atoms with van der Waals surface area (Å²) >= 11 is 9.90. The first-order valence-electron chi connectivity index (χ1n) is 8.28. The number of amides is 1. The molecular weight excluding hydrogens is 454 g/mol. The summed E-state index contributed by atoms with van der Waals surface area (Å²) in [5, 5.41) is 0. The van der Waals surface area contributed by atoms with Crippen molar-refractivity contribution in [3.8, 4) is 11.5 Å². The van der Waals surface area contributed by atoms with Gasteiger partial charge in [0, 0.05) is 0 Å². The van der Waals surface area contributed by atoms with Gasteiger partial charge in [0.1, 0.15) is 10.4 Å². The number of esters is 1. The van der Waals surface area contributed by atoms with Crippen molar-refractivity contribution in [2.75, 3.05) is 20.3 Å². The molecule has 0 spiro atoms. The van der Waals surface area contributed by atoms with E-state index in [1.54, 1.807) is 33.1 Å². The van der Waals surface area contributed by atoms with E-state index in [1.807, 2.05) is 13.0 Å². The highest BCUT2D eigenvalue weighted by molar-refractivity contribution is 9.10. The highest BCUT2D eigenvalue weighted by atomic mass is 79.9. The molecule has 0 N–H and O–H groups in total. The van der Waals surface area contributed by atoms with Crippen molar-refractivity contribution in [3.63, 3.8) is 0 Å². The summed E-state index contributed by atoms with van der Waals surface area (Å²) in [6.07, 6.45) is 1.71. The van der Waals surface area contributed by atoms with E-state index in [2.05, 4.69) is 15.9 Å². The molecule has 0 radical (unpaired) electrons. The van der Waals surface area contributed by atoms with E-state index in [0.29, 0.717) is 31.8 Å². The molecular formula is C18H20BrNO5S2. The lowest BCUT2D eigenvalue weighted by atomic mass is 10.1. The molecule has 27 heavy (non-hydrogen) atoms. The van der Waals surface area contributed by atoms with E-state index < -0.39 is 12.0 Å². The maximum Gasteiger partial charge on any atom is 0.329 e. The number of thiocarbonyl (C=S) groups is 1. The number of benzene rings is 1. The van der Waals surface area contributed by atoms with Crippen LogP contribution in [0.15, 0.2) is 21.5 Å². The lowest BCUT2D eigenvalue weighted by Crippen LogP contribution is -2.42. The first kappa shape index (κ1) is 21.7. The lowest BCUT2D eigenvalue weighted by molar-refractivity contribution is -0.149. The van der Waals surface area contributed by atoms with Gasteiger partial charge in [0.05, 0.1) is 29.7 Å². The summed E-state index contributed by atoms with van der Waals surface area (Å²) in [7, 11) is 1.55. The normalized spacial score (nSPS) is 16.6. The summed E-state index contributed by atoms with van der Waals surface area (Å²) in [6, 6.07) is 2.83. The van der Waals surface area contributed by atoms with Gasteiger partial charge in [0.2, 0.25) is 0 Å². The molecule has 1 heterocycles. The molecule has 1 aromatic carbocycles. The predicted octanol–water partition coefficient (Wildman–Crippen LogP) is 4.01. The molecule has 1 aliphatic rings. The Morgan fingerprint density at radius 2 is 2.07 bits per heavy atom. The third-order valence-electron chi connectivity index (χ3n) is 3.68. The number of carbonyl (C=O) groups excluding carboxylic acids is 2. The number of thioether (sulfide) groups is 1. The molecule has 1 aromatic rings. The van der Waals surface area contributed by atoms with E-state index in [-0.39, 0.29) is 12.5 Å². The van der Waals surface area contributed by atoms with Gasteiger partial charge in [-0.3, -0.25) is 9.69 Å². The van der Waals surface area contributed by atoms with E-state index in [1.165, 1.54) is 4.90 Å². The number of hydrogen-bond acceptors (Lipinski definition) is 7. The van der Waals surface area contributed by atoms with Crippen molar-refractivity contribution in [1.29, 1.82) is 0 Å². The smallest absolute Gasteiger partial charge is 0.329 e. The van der Waals surface area contributed by atoms with Crippen LogP contribution in [0.25, 0.3) is 6.08 Å². The number of halogens is 1. The Kier molecular flexibility index (Phi) is 7.69. The van der Waals surface area contributed by atoms with Crippen LogP contribution < -0.4 is 9.47 Å². The van der Waals surface area contributed by atoms with Crippen molar-refractivity contribution in [2.45, 2.75) is 26.8 Å². The van der Waals surface area contributed by atoms with Crippen molar-refractivity contribution >= 4 is 62.2 Å². The van der Waals surface area contributed by atoms with Crippen LogP contribution in [0.3, 0.4) is 0 Å². The third-order valence-corrected chi connectivity index (χ3v) is 5.60. The molecule has 6 nitrogen and oxygen atoms in total. The number of hydrogen-bond donors (Lipinski definition) is 0. The minimum absolute atomic E-state index is 0.244. The van der Waals surface area contributed by atoms with Gasteiger partial charge in [-0.25, -0.2) is 4.79 Å². The Morgan fingerprint density at radius 3 is 2.67 bits per heavy atom. The van der Waals surface area contributed by atoms with Gasteiger partial charge in [-0.15, -0.1) is 0 Å². The Bertz CT molecular complexity index is 796. The van der Waals surface area contributed by atoms with Crippen LogP contribution >= 0.6 is 39.9 Å². The molecule has 1 unspecified atom stereocenters. The number of ether oxygens (including phenoxy) is 3. The number of methoxy groups -OCH3 is 1. The van der Waals surface area contributed by atoms with Gasteiger partial charge >= 0.3 is 5.97 Å². The summed E-state index contributed by atoms with van der Waals surface area (Å²) in [5.41, 5.74) is 0.742. The summed E-state index contributed by atoms with van der Waals surface area (Å²) < 4.78 is 17.0. The minimum Gasteiger partial charge on any atom is -0.493 e. The molecule has 146 valence electrons. The van der Waals surface area contributed by atoms with Crippen LogP contribution in [0.5, 0.6) is 11.5 Å². The first-order chi connectivity index (χ1) is 12.8. The average Bonchev–Trinajstić information content (AvgIpc) is 2.90. The Morgan fingerprint density at radius 1 is 1.37 bits per heavy atom. The summed E-state index contributed by atoms with van der Waals surface area (Å²) in [5.74, 6) is 0.337. The van der Waals surface area contributed by atoms with Crippen LogP contribution in [0.2, 0.25) is 0 Å². The number of carbonyl (C=O) groups is 2. The summed E-state index contributed by atoms with van der Waals surface area (Å²) in [4.78, 5) is 26.4. The molecule has 1 fully saturated rings. The Balaban J connectivity index is 2.32. The van der Waals surface area contributed by atoms with Crippen LogP contribution in [-0.4, -0.2) is 47.5 Å². The van der Waals surface area contributed by atoms with Crippen LogP contribution in [0, 0.1) is 0 Å². The molecule has 1 atom stereocenters. The SMILES string of the molecule is CCOC(=O)C(C)N1C(=O)/C(=C/c2cc(Br)c(OCC)c(OC)c2)SC1=S. The molecule has 1 aliphatic heterocycles. The molecule has 9 heteroatoms. The highest BCUT2D eigenvalue weighted by Gasteiger charge is 2.38. The molecule has 0 aliphatic carbocycles. The van der Waals surface area contributed by atoms with Crippen molar-refractivity contribution in [3.05, 3.63) is 27.1 Å². The fourth-order valence-electron chi connectivity index (χ4n) is 2.44. The second-order valence-corrected chi connectivity index (χ2v) is 7.98. The van der Waals surface area contributed by atoms with Gasteiger partial charge in [0.25, 0.3) is 5.91 Å². The first-order valence-corrected chi connectivity index (χ1v) is 10.3. The van der Waals surface area contributed by atoms with Gasteiger partial charge in [-0.2, -0.15) is 0 Å². The zero-order chi connectivity index (χ0) is 20.1. The van der Waals surface area contributed by atoms with Gasteiger partial charge in [-0.05, 0) is 60.5 Å². The number of rotatable bonds is 7. The maximum absolute atomic E-state index is 12.8. The van der Waals surface area contributed by atoms with Gasteiger partial charge < -0.3 is 14.2 Å². The molecule has 1 saturated heterocycles. The summed E-state index contributed by atoms with van der Waals surface area (Å²) in [6.45, 7) is 5.94.